The van der Waals surface area contributed by atoms with Gasteiger partial charge in [-0.15, -0.1) is 0 Å². The van der Waals surface area contributed by atoms with Crippen molar-refractivity contribution in [2.75, 3.05) is 13.2 Å². The van der Waals surface area contributed by atoms with Crippen LogP contribution in [0.2, 0.25) is 0 Å². The third-order valence-electron chi connectivity index (χ3n) is 8.08. The van der Waals surface area contributed by atoms with Crippen molar-refractivity contribution < 1.29 is 24.1 Å². The molecule has 0 aliphatic carbocycles. The number of fused-ring (bicyclic) bond motifs is 1. The van der Waals surface area contributed by atoms with Crippen molar-refractivity contribution in [1.29, 1.82) is 0 Å². The fourth-order valence-electron chi connectivity index (χ4n) is 5.84. The van der Waals surface area contributed by atoms with Crippen LogP contribution in [-0.4, -0.2) is 35.1 Å². The molecule has 4 aromatic rings. The standard InChI is InChI=1S/C36H43NO5.C2H6/c1-2-3-4-5-9-14-32-31-21-18-29(36(38)39)25-33(31)37(22-24-41-34-15-10-11-23-40-34)35(32)28-16-19-30(20-17-28)42-26-27-12-7-6-8-13-27;1-2/h6-8,12-13,16-21,25,34H,2-5,9-11,14-15,22-24,26H2,1H3,(H,38,39);1-2H3. The largest absolute Gasteiger partial charge is 0.489 e. The van der Waals surface area contributed by atoms with Crippen molar-refractivity contribution in [1.82, 2.24) is 4.57 Å². The van der Waals surface area contributed by atoms with Crippen LogP contribution in [0.25, 0.3) is 22.2 Å². The fourth-order valence-corrected chi connectivity index (χ4v) is 5.84. The van der Waals surface area contributed by atoms with E-state index in [9.17, 15) is 9.90 Å². The van der Waals surface area contributed by atoms with E-state index in [1.165, 1.54) is 31.2 Å². The molecule has 0 bridgehead atoms. The van der Waals surface area contributed by atoms with Gasteiger partial charge in [0.15, 0.2) is 6.29 Å². The first-order chi connectivity index (χ1) is 21.6. The summed E-state index contributed by atoms with van der Waals surface area (Å²) in [6, 6.07) is 24.0. The second-order valence-corrected chi connectivity index (χ2v) is 11.1. The number of ether oxygens (including phenoxy) is 3. The zero-order valence-corrected chi connectivity index (χ0v) is 26.7. The van der Waals surface area contributed by atoms with Crippen molar-refractivity contribution >= 4 is 16.9 Å². The predicted octanol–water partition coefficient (Wildman–Crippen LogP) is 9.67. The average molecular weight is 600 g/mol. The van der Waals surface area contributed by atoms with E-state index in [1.807, 2.05) is 56.3 Å². The summed E-state index contributed by atoms with van der Waals surface area (Å²) in [7, 11) is 0. The molecule has 44 heavy (non-hydrogen) atoms. The molecule has 0 radical (unpaired) electrons. The van der Waals surface area contributed by atoms with Gasteiger partial charge < -0.3 is 23.9 Å². The molecule has 1 saturated heterocycles. The van der Waals surface area contributed by atoms with E-state index in [0.717, 1.165) is 72.2 Å². The van der Waals surface area contributed by atoms with Crippen LogP contribution in [-0.2, 0) is 29.0 Å². The van der Waals surface area contributed by atoms with E-state index in [2.05, 4.69) is 35.8 Å². The van der Waals surface area contributed by atoms with E-state index in [4.69, 9.17) is 14.2 Å². The number of unbranched alkanes of at least 4 members (excludes halogenated alkanes) is 4. The Labute approximate surface area is 263 Å². The van der Waals surface area contributed by atoms with Gasteiger partial charge in [-0.2, -0.15) is 0 Å². The summed E-state index contributed by atoms with van der Waals surface area (Å²) in [6.07, 6.45) is 9.85. The Morgan fingerprint density at radius 1 is 0.955 bits per heavy atom. The quantitative estimate of drug-likeness (QED) is 0.138. The number of aromatic carboxylic acids is 1. The Morgan fingerprint density at radius 2 is 1.73 bits per heavy atom. The molecule has 2 heterocycles. The van der Waals surface area contributed by atoms with Crippen LogP contribution in [0.5, 0.6) is 5.75 Å². The summed E-state index contributed by atoms with van der Waals surface area (Å²) >= 11 is 0. The minimum Gasteiger partial charge on any atom is -0.489 e. The van der Waals surface area contributed by atoms with Gasteiger partial charge in [-0.05, 0) is 85.2 Å². The van der Waals surface area contributed by atoms with Gasteiger partial charge in [0.1, 0.15) is 12.4 Å². The van der Waals surface area contributed by atoms with Gasteiger partial charge in [0.05, 0.1) is 17.9 Å². The Kier molecular flexibility index (Phi) is 13.3. The monoisotopic (exact) mass is 599 g/mol. The van der Waals surface area contributed by atoms with Crippen molar-refractivity contribution in [3.05, 3.63) is 89.5 Å². The Morgan fingerprint density at radius 3 is 2.43 bits per heavy atom. The number of rotatable bonds is 15. The number of aryl methyl sites for hydroxylation is 1. The molecular formula is C38H49NO5. The van der Waals surface area contributed by atoms with E-state index >= 15 is 0 Å². The van der Waals surface area contributed by atoms with Gasteiger partial charge in [-0.25, -0.2) is 4.79 Å². The van der Waals surface area contributed by atoms with E-state index in [1.54, 1.807) is 6.07 Å². The summed E-state index contributed by atoms with van der Waals surface area (Å²) in [4.78, 5) is 11.9. The van der Waals surface area contributed by atoms with Crippen molar-refractivity contribution in [3.63, 3.8) is 0 Å². The smallest absolute Gasteiger partial charge is 0.335 e. The van der Waals surface area contributed by atoms with Gasteiger partial charge in [0.2, 0.25) is 0 Å². The zero-order valence-electron chi connectivity index (χ0n) is 26.7. The van der Waals surface area contributed by atoms with Crippen molar-refractivity contribution in [2.45, 2.75) is 98.0 Å². The first kappa shape index (κ1) is 33.3. The number of carboxylic acid groups (broad SMARTS) is 1. The lowest BCUT2D eigenvalue weighted by Gasteiger charge is -2.23. The Balaban J connectivity index is 0.00000216. The summed E-state index contributed by atoms with van der Waals surface area (Å²) in [5.74, 6) is -0.101. The highest BCUT2D eigenvalue weighted by atomic mass is 16.7. The maximum Gasteiger partial charge on any atom is 0.335 e. The minimum atomic E-state index is -0.918. The van der Waals surface area contributed by atoms with Crippen LogP contribution in [0, 0.1) is 0 Å². The van der Waals surface area contributed by atoms with Gasteiger partial charge in [-0.1, -0.05) is 82.9 Å². The zero-order chi connectivity index (χ0) is 31.1. The van der Waals surface area contributed by atoms with Crippen LogP contribution in [0.3, 0.4) is 0 Å². The number of hydrogen-bond donors (Lipinski definition) is 1. The fraction of sp³-hybridized carbons (Fsp3) is 0.447. The molecule has 6 heteroatoms. The van der Waals surface area contributed by atoms with E-state index < -0.39 is 5.97 Å². The van der Waals surface area contributed by atoms with Crippen LogP contribution in [0.4, 0.5) is 0 Å². The maximum absolute atomic E-state index is 11.9. The van der Waals surface area contributed by atoms with E-state index in [0.29, 0.717) is 25.3 Å². The molecule has 236 valence electrons. The van der Waals surface area contributed by atoms with Gasteiger partial charge >= 0.3 is 5.97 Å². The molecule has 1 N–H and O–H groups in total. The molecule has 1 fully saturated rings. The highest BCUT2D eigenvalue weighted by Crippen LogP contribution is 2.37. The molecule has 3 aromatic carbocycles. The Hall–Kier alpha value is -3.61. The molecule has 5 rings (SSSR count). The number of carbonyl (C=O) groups is 1. The first-order valence-electron chi connectivity index (χ1n) is 16.5. The molecule has 0 saturated carbocycles. The van der Waals surface area contributed by atoms with Gasteiger partial charge in [0, 0.05) is 24.1 Å². The molecule has 1 aromatic heterocycles. The molecule has 1 unspecified atom stereocenters. The molecule has 1 aliphatic heterocycles. The SMILES string of the molecule is CC.CCCCCCCc1c(-c2ccc(OCc3ccccc3)cc2)n(CCOC2CCCCO2)c2cc(C(=O)O)ccc12. The van der Waals surface area contributed by atoms with Crippen LogP contribution in [0.1, 0.15) is 93.6 Å². The van der Waals surface area contributed by atoms with Crippen LogP contribution in [0.15, 0.2) is 72.8 Å². The van der Waals surface area contributed by atoms with Crippen molar-refractivity contribution in [2.24, 2.45) is 0 Å². The average Bonchev–Trinajstić information content (AvgIpc) is 3.38. The summed E-state index contributed by atoms with van der Waals surface area (Å²) < 4.78 is 20.3. The maximum atomic E-state index is 11.9. The lowest BCUT2D eigenvalue weighted by molar-refractivity contribution is -0.163. The third kappa shape index (κ3) is 8.96. The number of benzene rings is 3. The van der Waals surface area contributed by atoms with Crippen LogP contribution >= 0.6 is 0 Å². The first-order valence-corrected chi connectivity index (χ1v) is 16.5. The van der Waals surface area contributed by atoms with Crippen molar-refractivity contribution in [3.8, 4) is 17.0 Å². The Bertz CT molecular complexity index is 1420. The molecule has 0 spiro atoms. The number of carboxylic acids is 1. The number of nitrogens with zero attached hydrogens (tertiary/aromatic N) is 1. The molecule has 0 amide bonds. The number of aromatic nitrogens is 1. The van der Waals surface area contributed by atoms with Gasteiger partial charge in [-0.3, -0.25) is 0 Å². The van der Waals surface area contributed by atoms with Gasteiger partial charge in [0.25, 0.3) is 0 Å². The molecule has 6 nitrogen and oxygen atoms in total. The lowest BCUT2D eigenvalue weighted by Crippen LogP contribution is -2.24. The second-order valence-electron chi connectivity index (χ2n) is 11.1. The molecular weight excluding hydrogens is 550 g/mol. The summed E-state index contributed by atoms with van der Waals surface area (Å²) in [5, 5.41) is 10.9. The highest BCUT2D eigenvalue weighted by Gasteiger charge is 2.21. The topological polar surface area (TPSA) is 69.9 Å². The predicted molar refractivity (Wildman–Crippen MR) is 178 cm³/mol. The number of hydrogen-bond acceptors (Lipinski definition) is 4. The summed E-state index contributed by atoms with van der Waals surface area (Å²) in [5.41, 5.74) is 5.85. The highest BCUT2D eigenvalue weighted by molar-refractivity contribution is 5.97. The third-order valence-corrected chi connectivity index (χ3v) is 8.08. The summed E-state index contributed by atoms with van der Waals surface area (Å²) in [6.45, 7) is 8.59. The molecule has 1 aliphatic rings. The lowest BCUT2D eigenvalue weighted by atomic mass is 9.98. The van der Waals surface area contributed by atoms with E-state index in [-0.39, 0.29) is 6.29 Å². The van der Waals surface area contributed by atoms with Crippen LogP contribution < -0.4 is 4.74 Å². The minimum absolute atomic E-state index is 0.169. The second kappa shape index (κ2) is 17.6. The molecule has 1 atom stereocenters. The normalized spacial score (nSPS) is 14.7.